The Morgan fingerprint density at radius 2 is 0.957 bits per heavy atom. The number of rotatable bonds is 4. The van der Waals surface area contributed by atoms with E-state index in [2.05, 4.69) is 159 Å². The summed E-state index contributed by atoms with van der Waals surface area (Å²) >= 11 is 0. The van der Waals surface area contributed by atoms with Crippen molar-refractivity contribution in [3.05, 3.63) is 181 Å². The number of fused-ring (bicyclic) bond motifs is 6. The standard InChI is InChI=1S/C27H23N.C18H12O/c1-27(2)25-11-7-6-10-23(25)24-18-22(16-17-26(24)27)28-21-14-12-20(13-15-21)19-8-4-3-5-9-19;1-2-6-13(7-3-1)14-10-11-18-16(12-14)15-8-4-5-9-17(15)19-18/h3-18,28H,1-2H3;1-12H. The van der Waals surface area contributed by atoms with Gasteiger partial charge in [-0.3, -0.25) is 0 Å². The van der Waals surface area contributed by atoms with E-state index in [-0.39, 0.29) is 5.41 Å². The molecule has 0 atom stereocenters. The zero-order valence-corrected chi connectivity index (χ0v) is 26.6. The first kappa shape index (κ1) is 28.6. The summed E-state index contributed by atoms with van der Waals surface area (Å²) in [6.45, 7) is 4.63. The minimum Gasteiger partial charge on any atom is -0.456 e. The molecule has 0 radical (unpaired) electrons. The third-order valence-electron chi connectivity index (χ3n) is 9.35. The number of hydrogen-bond donors (Lipinski definition) is 1. The molecule has 47 heavy (non-hydrogen) atoms. The van der Waals surface area contributed by atoms with Crippen LogP contribution in [0.3, 0.4) is 0 Å². The highest BCUT2D eigenvalue weighted by atomic mass is 16.3. The summed E-state index contributed by atoms with van der Waals surface area (Å²) < 4.78 is 5.84. The molecule has 0 amide bonds. The van der Waals surface area contributed by atoms with Crippen molar-refractivity contribution in [2.24, 2.45) is 0 Å². The van der Waals surface area contributed by atoms with Crippen molar-refractivity contribution in [3.63, 3.8) is 0 Å². The van der Waals surface area contributed by atoms with Crippen molar-refractivity contribution in [2.45, 2.75) is 19.3 Å². The molecule has 2 nitrogen and oxygen atoms in total. The van der Waals surface area contributed by atoms with Crippen molar-refractivity contribution in [1.29, 1.82) is 0 Å². The van der Waals surface area contributed by atoms with E-state index in [0.29, 0.717) is 0 Å². The van der Waals surface area contributed by atoms with E-state index in [1.807, 2.05) is 30.3 Å². The number of para-hydroxylation sites is 1. The molecule has 1 aliphatic carbocycles. The van der Waals surface area contributed by atoms with Crippen LogP contribution < -0.4 is 5.32 Å². The Morgan fingerprint density at radius 1 is 0.404 bits per heavy atom. The van der Waals surface area contributed by atoms with Gasteiger partial charge in [0.05, 0.1) is 0 Å². The van der Waals surface area contributed by atoms with Crippen LogP contribution in [0.4, 0.5) is 11.4 Å². The number of anilines is 2. The van der Waals surface area contributed by atoms with Crippen LogP contribution in [0.25, 0.3) is 55.3 Å². The lowest BCUT2D eigenvalue weighted by atomic mass is 9.82. The van der Waals surface area contributed by atoms with Crippen LogP contribution in [-0.4, -0.2) is 0 Å². The molecule has 0 saturated heterocycles. The smallest absolute Gasteiger partial charge is 0.135 e. The number of furan rings is 1. The lowest BCUT2D eigenvalue weighted by Gasteiger charge is -2.21. The third-order valence-corrected chi connectivity index (χ3v) is 9.35. The summed E-state index contributed by atoms with van der Waals surface area (Å²) in [4.78, 5) is 0. The number of benzene rings is 7. The maximum absolute atomic E-state index is 5.84. The van der Waals surface area contributed by atoms with Crippen LogP contribution >= 0.6 is 0 Å². The second kappa shape index (κ2) is 11.8. The van der Waals surface area contributed by atoms with E-state index in [1.165, 1.54) is 55.3 Å². The second-order valence-electron chi connectivity index (χ2n) is 12.7. The van der Waals surface area contributed by atoms with Crippen molar-refractivity contribution in [3.8, 4) is 33.4 Å². The van der Waals surface area contributed by atoms with Crippen LogP contribution in [0.2, 0.25) is 0 Å². The van der Waals surface area contributed by atoms with Crippen molar-refractivity contribution in [2.75, 3.05) is 5.32 Å². The van der Waals surface area contributed by atoms with Gasteiger partial charge < -0.3 is 9.73 Å². The Kier molecular flexibility index (Phi) is 7.19. The summed E-state index contributed by atoms with van der Waals surface area (Å²) in [6, 6.07) is 59.6. The molecular formula is C45H35NO. The van der Waals surface area contributed by atoms with E-state index < -0.39 is 0 Å². The molecule has 0 bridgehead atoms. The summed E-state index contributed by atoms with van der Waals surface area (Å²) in [5.74, 6) is 0. The van der Waals surface area contributed by atoms with Gasteiger partial charge in [-0.25, -0.2) is 0 Å². The molecule has 1 N–H and O–H groups in total. The SMILES string of the molecule is CC1(C)c2ccccc2-c2cc(Nc3ccc(-c4ccccc4)cc3)ccc21.c1ccc(-c2ccc3oc4ccccc4c3c2)cc1. The second-order valence-corrected chi connectivity index (χ2v) is 12.7. The van der Waals surface area contributed by atoms with Gasteiger partial charge in [0.2, 0.25) is 0 Å². The molecule has 226 valence electrons. The largest absolute Gasteiger partial charge is 0.456 e. The predicted molar refractivity (Wildman–Crippen MR) is 198 cm³/mol. The Bertz CT molecular complexity index is 2330. The van der Waals surface area contributed by atoms with Crippen LogP contribution in [0.5, 0.6) is 0 Å². The molecule has 2 heteroatoms. The quantitative estimate of drug-likeness (QED) is 0.216. The lowest BCUT2D eigenvalue weighted by molar-refractivity contribution is 0.660. The number of nitrogens with one attached hydrogen (secondary N) is 1. The molecule has 1 heterocycles. The zero-order valence-electron chi connectivity index (χ0n) is 26.6. The van der Waals surface area contributed by atoms with Gasteiger partial charge in [-0.1, -0.05) is 141 Å². The zero-order chi connectivity index (χ0) is 31.8. The maximum Gasteiger partial charge on any atom is 0.135 e. The van der Waals surface area contributed by atoms with Gasteiger partial charge in [0.25, 0.3) is 0 Å². The molecular weight excluding hydrogens is 571 g/mol. The summed E-state index contributed by atoms with van der Waals surface area (Å²) in [5, 5.41) is 5.92. The van der Waals surface area contributed by atoms with E-state index in [1.54, 1.807) is 0 Å². The Hall–Kier alpha value is -5.86. The van der Waals surface area contributed by atoms with Crippen molar-refractivity contribution in [1.82, 2.24) is 0 Å². The van der Waals surface area contributed by atoms with Gasteiger partial charge >= 0.3 is 0 Å². The molecule has 7 aromatic carbocycles. The predicted octanol–water partition coefficient (Wildman–Crippen LogP) is 12.7. The molecule has 1 aromatic heterocycles. The maximum atomic E-state index is 5.84. The fourth-order valence-corrected chi connectivity index (χ4v) is 6.88. The van der Waals surface area contributed by atoms with Crippen LogP contribution in [0.1, 0.15) is 25.0 Å². The average molecular weight is 606 g/mol. The third kappa shape index (κ3) is 5.38. The van der Waals surface area contributed by atoms with Crippen molar-refractivity contribution >= 4 is 33.3 Å². The van der Waals surface area contributed by atoms with E-state index in [4.69, 9.17) is 4.42 Å². The molecule has 0 spiro atoms. The van der Waals surface area contributed by atoms with E-state index in [0.717, 1.165) is 22.5 Å². The van der Waals surface area contributed by atoms with Crippen LogP contribution in [0.15, 0.2) is 174 Å². The molecule has 0 saturated carbocycles. The highest BCUT2D eigenvalue weighted by Gasteiger charge is 2.35. The normalized spacial score (nSPS) is 12.6. The fraction of sp³-hybridized carbons (Fsp3) is 0.0667. The lowest BCUT2D eigenvalue weighted by Crippen LogP contribution is -2.14. The Morgan fingerprint density at radius 3 is 1.72 bits per heavy atom. The summed E-state index contributed by atoms with van der Waals surface area (Å²) in [5.41, 5.74) is 14.6. The molecule has 9 rings (SSSR count). The van der Waals surface area contributed by atoms with Gasteiger partial charge in [-0.2, -0.15) is 0 Å². The fourth-order valence-electron chi connectivity index (χ4n) is 6.88. The summed E-state index contributed by atoms with van der Waals surface area (Å²) in [6.07, 6.45) is 0. The monoisotopic (exact) mass is 605 g/mol. The van der Waals surface area contributed by atoms with Crippen LogP contribution in [-0.2, 0) is 5.41 Å². The first-order valence-electron chi connectivity index (χ1n) is 16.2. The number of hydrogen-bond acceptors (Lipinski definition) is 2. The van der Waals surface area contributed by atoms with Gasteiger partial charge in [0.1, 0.15) is 11.2 Å². The van der Waals surface area contributed by atoms with E-state index >= 15 is 0 Å². The van der Waals surface area contributed by atoms with Gasteiger partial charge in [-0.05, 0) is 87.0 Å². The Balaban J connectivity index is 0.000000148. The highest BCUT2D eigenvalue weighted by molar-refractivity contribution is 6.06. The van der Waals surface area contributed by atoms with Crippen LogP contribution in [0, 0.1) is 0 Å². The first-order chi connectivity index (χ1) is 23.0. The molecule has 0 fully saturated rings. The highest BCUT2D eigenvalue weighted by Crippen LogP contribution is 2.49. The minimum absolute atomic E-state index is 0.0573. The topological polar surface area (TPSA) is 25.2 Å². The Labute approximate surface area is 276 Å². The molecule has 0 aliphatic heterocycles. The van der Waals surface area contributed by atoms with Gasteiger partial charge in [-0.15, -0.1) is 0 Å². The molecule has 8 aromatic rings. The molecule has 1 aliphatic rings. The van der Waals surface area contributed by atoms with Gasteiger partial charge in [0, 0.05) is 27.6 Å². The summed E-state index contributed by atoms with van der Waals surface area (Å²) in [7, 11) is 0. The first-order valence-corrected chi connectivity index (χ1v) is 16.2. The van der Waals surface area contributed by atoms with Crippen molar-refractivity contribution < 1.29 is 4.42 Å². The molecule has 0 unspecified atom stereocenters. The minimum atomic E-state index is 0.0573. The average Bonchev–Trinajstić information content (AvgIpc) is 3.61. The van der Waals surface area contributed by atoms with Gasteiger partial charge in [0.15, 0.2) is 0 Å². The van der Waals surface area contributed by atoms with E-state index in [9.17, 15) is 0 Å².